The van der Waals surface area contributed by atoms with Gasteiger partial charge in [0.25, 0.3) is 0 Å². The fourth-order valence-electron chi connectivity index (χ4n) is 3.77. The van der Waals surface area contributed by atoms with E-state index < -0.39 is 0 Å². The van der Waals surface area contributed by atoms with Gasteiger partial charge in [-0.1, -0.05) is 25.0 Å². The first-order valence-electron chi connectivity index (χ1n) is 8.43. The van der Waals surface area contributed by atoms with E-state index in [1.807, 2.05) is 12.1 Å². The zero-order chi connectivity index (χ0) is 15.4. The number of amides is 1. The largest absolute Gasteiger partial charge is 0.497 e. The lowest BCUT2D eigenvalue weighted by atomic mass is 10.0. The average molecular weight is 302 g/mol. The molecule has 4 nitrogen and oxygen atoms in total. The Morgan fingerprint density at radius 1 is 1.27 bits per heavy atom. The van der Waals surface area contributed by atoms with Gasteiger partial charge in [-0.15, -0.1) is 0 Å². The van der Waals surface area contributed by atoms with Gasteiger partial charge in [0.2, 0.25) is 5.91 Å². The molecule has 1 aromatic rings. The maximum Gasteiger partial charge on any atom is 0.234 e. The first-order valence-corrected chi connectivity index (χ1v) is 8.43. The van der Waals surface area contributed by atoms with Crippen LogP contribution < -0.4 is 10.1 Å². The van der Waals surface area contributed by atoms with Crippen LogP contribution in [0.5, 0.6) is 5.75 Å². The molecule has 0 spiro atoms. The van der Waals surface area contributed by atoms with Crippen molar-refractivity contribution in [3.05, 3.63) is 29.8 Å². The van der Waals surface area contributed by atoms with E-state index in [-0.39, 0.29) is 5.91 Å². The van der Waals surface area contributed by atoms with E-state index in [2.05, 4.69) is 22.3 Å². The number of hydrogen-bond acceptors (Lipinski definition) is 3. The van der Waals surface area contributed by atoms with Gasteiger partial charge >= 0.3 is 0 Å². The van der Waals surface area contributed by atoms with Crippen LogP contribution in [-0.2, 0) is 4.79 Å². The number of carbonyl (C=O) groups excluding carboxylic acids is 1. The van der Waals surface area contributed by atoms with E-state index in [0.717, 1.165) is 38.0 Å². The van der Waals surface area contributed by atoms with Crippen LogP contribution in [0.1, 0.15) is 50.1 Å². The van der Waals surface area contributed by atoms with Gasteiger partial charge in [0, 0.05) is 12.1 Å². The Balaban J connectivity index is 1.61. The second kappa shape index (κ2) is 7.14. The molecule has 0 bridgehead atoms. The quantitative estimate of drug-likeness (QED) is 0.909. The molecule has 0 aromatic heterocycles. The summed E-state index contributed by atoms with van der Waals surface area (Å²) in [7, 11) is 1.70. The van der Waals surface area contributed by atoms with Crippen molar-refractivity contribution in [2.75, 3.05) is 20.2 Å². The summed E-state index contributed by atoms with van der Waals surface area (Å²) in [5.41, 5.74) is 1.26. The topological polar surface area (TPSA) is 41.6 Å². The van der Waals surface area contributed by atoms with Crippen LogP contribution in [0.2, 0.25) is 0 Å². The Kier molecular flexibility index (Phi) is 4.98. The molecule has 0 radical (unpaired) electrons. The van der Waals surface area contributed by atoms with Crippen LogP contribution in [0.15, 0.2) is 24.3 Å². The molecular weight excluding hydrogens is 276 g/mol. The number of nitrogens with zero attached hydrogens (tertiary/aromatic N) is 1. The zero-order valence-corrected chi connectivity index (χ0v) is 13.4. The summed E-state index contributed by atoms with van der Waals surface area (Å²) >= 11 is 0. The Morgan fingerprint density at radius 3 is 2.86 bits per heavy atom. The molecule has 1 amide bonds. The molecule has 4 heteroatoms. The van der Waals surface area contributed by atoms with E-state index in [4.69, 9.17) is 4.74 Å². The SMILES string of the molecule is COc1cccc([C@@H]2CCCN2CC(=O)NC2CCCC2)c1. The second-order valence-electron chi connectivity index (χ2n) is 6.45. The van der Waals surface area contributed by atoms with Crippen molar-refractivity contribution >= 4 is 5.91 Å². The number of methoxy groups -OCH3 is 1. The summed E-state index contributed by atoms with van der Waals surface area (Å²) in [5.74, 6) is 1.07. The zero-order valence-electron chi connectivity index (χ0n) is 13.4. The minimum Gasteiger partial charge on any atom is -0.497 e. The van der Waals surface area contributed by atoms with Crippen LogP contribution >= 0.6 is 0 Å². The molecule has 3 rings (SSSR count). The average Bonchev–Trinajstić information content (AvgIpc) is 3.19. The van der Waals surface area contributed by atoms with Gasteiger partial charge in [0.05, 0.1) is 13.7 Å². The third-order valence-corrected chi connectivity index (χ3v) is 4.91. The summed E-state index contributed by atoms with van der Waals surface area (Å²) in [6, 6.07) is 8.98. The smallest absolute Gasteiger partial charge is 0.234 e. The second-order valence-corrected chi connectivity index (χ2v) is 6.45. The van der Waals surface area contributed by atoms with E-state index in [1.165, 1.54) is 18.4 Å². The normalized spacial score (nSPS) is 22.9. The molecule has 1 aromatic carbocycles. The predicted molar refractivity (Wildman–Crippen MR) is 86.9 cm³/mol. The number of benzene rings is 1. The molecule has 1 heterocycles. The number of hydrogen-bond donors (Lipinski definition) is 1. The molecule has 120 valence electrons. The highest BCUT2D eigenvalue weighted by Gasteiger charge is 2.28. The van der Waals surface area contributed by atoms with Gasteiger partial charge in [-0.25, -0.2) is 0 Å². The highest BCUT2D eigenvalue weighted by Crippen LogP contribution is 2.33. The third kappa shape index (κ3) is 3.61. The fraction of sp³-hybridized carbons (Fsp3) is 0.611. The fourth-order valence-corrected chi connectivity index (χ4v) is 3.77. The van der Waals surface area contributed by atoms with Crippen LogP contribution in [-0.4, -0.2) is 37.0 Å². The van der Waals surface area contributed by atoms with Crippen molar-refractivity contribution in [1.29, 1.82) is 0 Å². The molecule has 1 saturated heterocycles. The van der Waals surface area contributed by atoms with E-state index in [1.54, 1.807) is 7.11 Å². The molecule has 1 aliphatic carbocycles. The predicted octanol–water partition coefficient (Wildman–Crippen LogP) is 2.89. The molecule has 1 N–H and O–H groups in total. The van der Waals surface area contributed by atoms with Crippen molar-refractivity contribution in [2.45, 2.75) is 50.6 Å². The van der Waals surface area contributed by atoms with E-state index in [9.17, 15) is 4.79 Å². The van der Waals surface area contributed by atoms with Crippen molar-refractivity contribution in [2.24, 2.45) is 0 Å². The number of ether oxygens (including phenoxy) is 1. The monoisotopic (exact) mass is 302 g/mol. The van der Waals surface area contributed by atoms with Gasteiger partial charge in [-0.05, 0) is 49.9 Å². The Hall–Kier alpha value is -1.55. The minimum absolute atomic E-state index is 0.182. The summed E-state index contributed by atoms with van der Waals surface area (Å²) in [6.07, 6.45) is 7.06. The number of rotatable bonds is 5. The highest BCUT2D eigenvalue weighted by molar-refractivity contribution is 5.78. The number of likely N-dealkylation sites (tertiary alicyclic amines) is 1. The van der Waals surface area contributed by atoms with Gasteiger partial charge in [-0.2, -0.15) is 0 Å². The lowest BCUT2D eigenvalue weighted by Gasteiger charge is -2.25. The molecule has 22 heavy (non-hydrogen) atoms. The molecule has 0 unspecified atom stereocenters. The Bertz CT molecular complexity index is 512. The van der Waals surface area contributed by atoms with Gasteiger partial charge in [0.1, 0.15) is 5.75 Å². The van der Waals surface area contributed by atoms with Crippen molar-refractivity contribution in [3.8, 4) is 5.75 Å². The molecular formula is C18H26N2O2. The van der Waals surface area contributed by atoms with Crippen LogP contribution in [0.3, 0.4) is 0 Å². The van der Waals surface area contributed by atoms with Gasteiger partial charge < -0.3 is 10.1 Å². The lowest BCUT2D eigenvalue weighted by Crippen LogP contribution is -2.40. The molecule has 2 fully saturated rings. The third-order valence-electron chi connectivity index (χ3n) is 4.91. The lowest BCUT2D eigenvalue weighted by molar-refractivity contribution is -0.123. The summed E-state index contributed by atoms with van der Waals surface area (Å²) in [6.45, 7) is 1.51. The summed E-state index contributed by atoms with van der Waals surface area (Å²) in [5, 5.41) is 3.20. The minimum atomic E-state index is 0.182. The van der Waals surface area contributed by atoms with Crippen molar-refractivity contribution in [3.63, 3.8) is 0 Å². The van der Waals surface area contributed by atoms with Crippen LogP contribution in [0, 0.1) is 0 Å². The highest BCUT2D eigenvalue weighted by atomic mass is 16.5. The Labute approximate surface area is 132 Å². The van der Waals surface area contributed by atoms with Gasteiger partial charge in [-0.3, -0.25) is 9.69 Å². The van der Waals surface area contributed by atoms with Crippen LogP contribution in [0.4, 0.5) is 0 Å². The van der Waals surface area contributed by atoms with Crippen molar-refractivity contribution < 1.29 is 9.53 Å². The summed E-state index contributed by atoms with van der Waals surface area (Å²) in [4.78, 5) is 14.6. The maximum absolute atomic E-state index is 12.3. The Morgan fingerprint density at radius 2 is 2.09 bits per heavy atom. The molecule has 2 aliphatic rings. The molecule has 1 saturated carbocycles. The maximum atomic E-state index is 12.3. The van der Waals surface area contributed by atoms with E-state index in [0.29, 0.717) is 18.6 Å². The van der Waals surface area contributed by atoms with Crippen LogP contribution in [0.25, 0.3) is 0 Å². The van der Waals surface area contributed by atoms with E-state index >= 15 is 0 Å². The first kappa shape index (κ1) is 15.3. The van der Waals surface area contributed by atoms with Gasteiger partial charge in [0.15, 0.2) is 0 Å². The van der Waals surface area contributed by atoms with Crippen molar-refractivity contribution in [1.82, 2.24) is 10.2 Å². The number of carbonyl (C=O) groups is 1. The number of nitrogens with one attached hydrogen (secondary N) is 1. The standard InChI is InChI=1S/C18H26N2O2/c1-22-16-9-4-6-14(12-16)17-10-5-11-20(17)13-18(21)19-15-7-2-3-8-15/h4,6,9,12,15,17H,2-3,5,7-8,10-11,13H2,1H3,(H,19,21)/t17-/m0/s1. The molecule has 1 atom stereocenters. The first-order chi connectivity index (χ1) is 10.8. The molecule has 1 aliphatic heterocycles. The summed E-state index contributed by atoms with van der Waals surface area (Å²) < 4.78 is 5.32.